The zero-order valence-corrected chi connectivity index (χ0v) is 49.0. The van der Waals surface area contributed by atoms with Gasteiger partial charge in [0, 0.05) is 51.1 Å². The predicted octanol–water partition coefficient (Wildman–Crippen LogP) is 14.4. The maximum absolute atomic E-state index is 14.0. The molecule has 0 aromatic carbocycles. The van der Waals surface area contributed by atoms with E-state index in [-0.39, 0.29) is 35.5 Å². The largest absolute Gasteiger partial charge is 0.354 e. The molecule has 2 aliphatic heterocycles. The molecule has 0 spiro atoms. The van der Waals surface area contributed by atoms with Gasteiger partial charge in [0.1, 0.15) is 12.1 Å². The van der Waals surface area contributed by atoms with E-state index in [1.807, 2.05) is 9.80 Å². The van der Waals surface area contributed by atoms with Crippen LogP contribution in [0.5, 0.6) is 0 Å². The Morgan fingerprint density at radius 1 is 0.431 bits per heavy atom. The Bertz CT molecular complexity index is 1260. The molecule has 2 N–H and O–H groups in total. The number of rotatable bonds is 47. The van der Waals surface area contributed by atoms with E-state index >= 15 is 0 Å². The summed E-state index contributed by atoms with van der Waals surface area (Å²) in [6.07, 6.45) is 44.5. The molecule has 10 nitrogen and oxygen atoms in total. The minimum atomic E-state index is -0.463. The van der Waals surface area contributed by atoms with E-state index in [9.17, 15) is 19.2 Å². The van der Waals surface area contributed by atoms with Gasteiger partial charge in [-0.3, -0.25) is 19.2 Å². The van der Waals surface area contributed by atoms with Crippen molar-refractivity contribution in [1.82, 2.24) is 30.2 Å². The molecule has 0 saturated carbocycles. The topological polar surface area (TPSA) is 105 Å². The minimum Gasteiger partial charge on any atom is -0.354 e. The lowest BCUT2D eigenvalue weighted by atomic mass is 9.98. The van der Waals surface area contributed by atoms with Crippen LogP contribution in [-0.4, -0.2) is 121 Å². The molecule has 422 valence electrons. The molecular formula is C62H120N6O4. The Morgan fingerprint density at radius 2 is 0.708 bits per heavy atom. The zero-order valence-electron chi connectivity index (χ0n) is 49.0. The van der Waals surface area contributed by atoms with Crippen LogP contribution < -0.4 is 10.6 Å². The second-order valence-electron chi connectivity index (χ2n) is 23.7. The molecule has 10 heteroatoms. The zero-order chi connectivity index (χ0) is 52.6. The second-order valence-corrected chi connectivity index (χ2v) is 23.7. The van der Waals surface area contributed by atoms with Crippen molar-refractivity contribution in [3.63, 3.8) is 0 Å². The Hall–Kier alpha value is -2.20. The lowest BCUT2D eigenvalue weighted by molar-refractivity contribution is -0.142. The Labute approximate surface area is 446 Å². The first-order chi connectivity index (χ1) is 34.9. The van der Waals surface area contributed by atoms with Gasteiger partial charge in [-0.15, -0.1) is 0 Å². The minimum absolute atomic E-state index is 0.0228. The van der Waals surface area contributed by atoms with Crippen molar-refractivity contribution >= 4 is 23.6 Å². The molecule has 0 aliphatic carbocycles. The van der Waals surface area contributed by atoms with Crippen LogP contribution in [0, 0.1) is 11.8 Å². The van der Waals surface area contributed by atoms with Crippen LogP contribution in [0.4, 0.5) is 0 Å². The molecule has 2 saturated heterocycles. The van der Waals surface area contributed by atoms with Gasteiger partial charge in [0.15, 0.2) is 0 Å². The average Bonchev–Trinajstić information content (AvgIpc) is 3.97. The monoisotopic (exact) mass is 1010 g/mol. The van der Waals surface area contributed by atoms with Gasteiger partial charge in [0.25, 0.3) is 0 Å². The van der Waals surface area contributed by atoms with Crippen LogP contribution in [0.15, 0.2) is 0 Å². The van der Waals surface area contributed by atoms with Crippen molar-refractivity contribution in [3.05, 3.63) is 0 Å². The van der Waals surface area contributed by atoms with Crippen LogP contribution in [0.2, 0.25) is 0 Å². The summed E-state index contributed by atoms with van der Waals surface area (Å²) in [6, 6.07) is 0.0145. The number of carbonyl (C=O) groups is 4. The van der Waals surface area contributed by atoms with Crippen LogP contribution in [-0.2, 0) is 19.2 Å². The highest BCUT2D eigenvalue weighted by Gasteiger charge is 2.35. The van der Waals surface area contributed by atoms with Gasteiger partial charge in [0.2, 0.25) is 23.6 Å². The van der Waals surface area contributed by atoms with Gasteiger partial charge in [-0.1, -0.05) is 208 Å². The highest BCUT2D eigenvalue weighted by Crippen LogP contribution is 2.24. The van der Waals surface area contributed by atoms with Gasteiger partial charge >= 0.3 is 0 Å². The van der Waals surface area contributed by atoms with Crippen LogP contribution >= 0.6 is 0 Å². The van der Waals surface area contributed by atoms with Gasteiger partial charge < -0.3 is 30.2 Å². The molecular weight excluding hydrogens is 893 g/mol. The van der Waals surface area contributed by atoms with E-state index < -0.39 is 12.1 Å². The molecule has 4 unspecified atom stereocenters. The number of likely N-dealkylation sites (tertiary alicyclic amines) is 2. The number of hydrogen-bond acceptors (Lipinski definition) is 6. The number of amides is 4. The van der Waals surface area contributed by atoms with Crippen molar-refractivity contribution in [2.24, 2.45) is 11.8 Å². The Kier molecular flexibility index (Phi) is 39.3. The summed E-state index contributed by atoms with van der Waals surface area (Å²) in [6.45, 7) is 17.5. The van der Waals surface area contributed by atoms with Gasteiger partial charge in [-0.25, -0.2) is 0 Å². The fraction of sp³-hybridized carbons (Fsp3) is 0.935. The van der Waals surface area contributed by atoms with Crippen molar-refractivity contribution in [2.75, 3.05) is 53.4 Å². The summed E-state index contributed by atoms with van der Waals surface area (Å²) < 4.78 is 0. The maximum Gasteiger partial charge on any atom is 0.243 e. The molecule has 0 radical (unpaired) electrons. The first-order valence-corrected chi connectivity index (χ1v) is 31.5. The normalized spacial score (nSPS) is 17.2. The molecule has 4 atom stereocenters. The summed E-state index contributed by atoms with van der Waals surface area (Å²) in [5.74, 6) is 0.270. The first kappa shape index (κ1) is 65.9. The van der Waals surface area contributed by atoms with Gasteiger partial charge in [-0.2, -0.15) is 0 Å². The second kappa shape index (κ2) is 43.0. The molecule has 2 aliphatic rings. The molecule has 2 fully saturated rings. The van der Waals surface area contributed by atoms with Crippen LogP contribution in [0.1, 0.15) is 286 Å². The quantitative estimate of drug-likeness (QED) is 0.0589. The Balaban J connectivity index is 1.81. The van der Waals surface area contributed by atoms with E-state index in [1.54, 1.807) is 0 Å². The molecule has 0 bridgehead atoms. The standard InChI is InChI=1S/C62H120N6O4/c1-9-11-13-15-17-19-21-23-25-27-29-31-35-43-57(69)67(51-45-55-41-39-49-65(55)7)59(53(3)4)61(71)63-47-37-33-34-38-48-64-62(72)60(54(5)6)68(52-46-56-42-40-50-66(56)8)58(70)44-36-32-30-28-26-24-22-20-18-16-14-12-10-2/h53-56,59-60H,9-52H2,1-8H3,(H,63,71)(H,64,72). The third kappa shape index (κ3) is 29.8. The lowest BCUT2D eigenvalue weighted by Crippen LogP contribution is -2.53. The third-order valence-electron chi connectivity index (χ3n) is 16.6. The molecule has 0 aromatic rings. The maximum atomic E-state index is 14.0. The van der Waals surface area contributed by atoms with E-state index in [4.69, 9.17) is 0 Å². The summed E-state index contributed by atoms with van der Waals surface area (Å²) >= 11 is 0. The van der Waals surface area contributed by atoms with Gasteiger partial charge in [0.05, 0.1) is 0 Å². The summed E-state index contributed by atoms with van der Waals surface area (Å²) in [7, 11) is 4.38. The lowest BCUT2D eigenvalue weighted by Gasteiger charge is -2.35. The fourth-order valence-electron chi connectivity index (χ4n) is 11.8. The van der Waals surface area contributed by atoms with Gasteiger partial charge in [-0.05, 0) is 103 Å². The summed E-state index contributed by atoms with van der Waals surface area (Å²) in [5, 5.41) is 6.47. The number of nitrogens with zero attached hydrogens (tertiary/aromatic N) is 4. The van der Waals surface area contributed by atoms with E-state index in [0.717, 1.165) is 90.1 Å². The highest BCUT2D eigenvalue weighted by molar-refractivity contribution is 5.88. The molecule has 4 amide bonds. The molecule has 72 heavy (non-hydrogen) atoms. The van der Waals surface area contributed by atoms with E-state index in [0.29, 0.717) is 51.1 Å². The van der Waals surface area contributed by atoms with Crippen LogP contribution in [0.3, 0.4) is 0 Å². The fourth-order valence-corrected chi connectivity index (χ4v) is 11.8. The van der Waals surface area contributed by atoms with Crippen molar-refractivity contribution < 1.29 is 19.2 Å². The molecule has 2 rings (SSSR count). The third-order valence-corrected chi connectivity index (χ3v) is 16.6. The average molecular weight is 1010 g/mol. The highest BCUT2D eigenvalue weighted by atomic mass is 16.2. The SMILES string of the molecule is CCCCCCCCCCCCCCCC(=O)N(CCC1CCCN1C)C(C(=O)NCCCCCCNC(=O)C(C(C)C)N(CCC1CCCN1C)C(=O)CCCCCCCCCCCCCCC)C(C)C. The summed E-state index contributed by atoms with van der Waals surface area (Å²) in [5.41, 5.74) is 0. The Morgan fingerprint density at radius 3 is 0.972 bits per heavy atom. The van der Waals surface area contributed by atoms with Crippen molar-refractivity contribution in [2.45, 2.75) is 310 Å². The van der Waals surface area contributed by atoms with E-state index in [2.05, 4.69) is 76.1 Å². The molecule has 0 aromatic heterocycles. The number of nitrogens with one attached hydrogen (secondary N) is 2. The number of unbranched alkanes of at least 4 members (excludes halogenated alkanes) is 27. The van der Waals surface area contributed by atoms with Crippen molar-refractivity contribution in [3.8, 4) is 0 Å². The predicted molar refractivity (Wildman–Crippen MR) is 306 cm³/mol. The molecule has 2 heterocycles. The van der Waals surface area contributed by atoms with Crippen molar-refractivity contribution in [1.29, 1.82) is 0 Å². The van der Waals surface area contributed by atoms with Crippen LogP contribution in [0.25, 0.3) is 0 Å². The summed E-state index contributed by atoms with van der Waals surface area (Å²) in [4.78, 5) is 64.5. The first-order valence-electron chi connectivity index (χ1n) is 31.5. The number of hydrogen-bond donors (Lipinski definition) is 2. The smallest absolute Gasteiger partial charge is 0.243 e. The number of carbonyl (C=O) groups excluding carboxylic acids is 4. The van der Waals surface area contributed by atoms with E-state index in [1.165, 1.54) is 154 Å².